The molecule has 1 aromatic heterocycles. The topological polar surface area (TPSA) is 79.9 Å². The van der Waals surface area contributed by atoms with Gasteiger partial charge in [-0.15, -0.1) is 0 Å². The zero-order valence-electron chi connectivity index (χ0n) is 19.3. The summed E-state index contributed by atoms with van der Waals surface area (Å²) in [7, 11) is 1.55. The molecule has 37 heavy (non-hydrogen) atoms. The third-order valence-corrected chi connectivity index (χ3v) is 5.65. The van der Waals surface area contributed by atoms with Gasteiger partial charge in [0.15, 0.2) is 0 Å². The maximum absolute atomic E-state index is 13.2. The molecule has 1 N–H and O–H groups in total. The number of carbonyl (C=O) groups excluding carboxylic acids is 1. The monoisotopic (exact) mass is 522 g/mol. The zero-order chi connectivity index (χ0) is 26.6. The van der Waals surface area contributed by atoms with Crippen molar-refractivity contribution in [2.45, 2.75) is 6.18 Å². The van der Waals surface area contributed by atoms with Crippen LogP contribution in [-0.4, -0.2) is 22.8 Å². The number of benzene rings is 3. The Labute approximate surface area is 215 Å². The molecule has 0 saturated heterocycles. The number of hydrogen-bond donors (Lipinski definition) is 1. The molecule has 4 rings (SSSR count). The lowest BCUT2D eigenvalue weighted by Gasteiger charge is -2.11. The molecule has 1 amide bonds. The van der Waals surface area contributed by atoms with Crippen molar-refractivity contribution in [3.8, 4) is 28.8 Å². The molecule has 0 spiro atoms. The van der Waals surface area contributed by atoms with Gasteiger partial charge in [-0.25, -0.2) is 4.68 Å². The number of anilines is 1. The van der Waals surface area contributed by atoms with Crippen LogP contribution in [0.25, 0.3) is 23.0 Å². The molecule has 0 bridgehead atoms. The average molecular weight is 523 g/mol. The van der Waals surface area contributed by atoms with Crippen molar-refractivity contribution in [2.75, 3.05) is 12.4 Å². The standard InChI is InChI=1S/C27H18ClF3N4O2/c1-37-22-10-7-17(8-11-22)25-19(16-35(34-25)21-5-3-2-4-6-21)13-18(15-32)26(36)33-20-9-12-24(28)23(14-20)27(29,30)31/h2-14,16H,1H3,(H,33,36)/b18-13+. The van der Waals surface area contributed by atoms with Crippen molar-refractivity contribution < 1.29 is 22.7 Å². The van der Waals surface area contributed by atoms with Crippen LogP contribution in [0, 0.1) is 11.3 Å². The van der Waals surface area contributed by atoms with Gasteiger partial charge in [0.25, 0.3) is 5.91 Å². The molecular weight excluding hydrogens is 505 g/mol. The summed E-state index contributed by atoms with van der Waals surface area (Å²) in [6, 6.07) is 21.1. The minimum atomic E-state index is -4.70. The van der Waals surface area contributed by atoms with Gasteiger partial charge in [0.1, 0.15) is 17.4 Å². The first kappa shape index (κ1) is 25.5. The maximum Gasteiger partial charge on any atom is 0.417 e. The predicted molar refractivity (Wildman–Crippen MR) is 134 cm³/mol. The van der Waals surface area contributed by atoms with E-state index in [-0.39, 0.29) is 11.3 Å². The summed E-state index contributed by atoms with van der Waals surface area (Å²) < 4.78 is 46.4. The van der Waals surface area contributed by atoms with E-state index in [1.807, 2.05) is 36.4 Å². The third kappa shape index (κ3) is 5.82. The average Bonchev–Trinajstić information content (AvgIpc) is 3.32. The van der Waals surface area contributed by atoms with Crippen molar-refractivity contribution in [2.24, 2.45) is 0 Å². The Bertz CT molecular complexity index is 1510. The fraction of sp³-hybridized carbons (Fsp3) is 0.0741. The van der Waals surface area contributed by atoms with Crippen LogP contribution in [0.3, 0.4) is 0 Å². The summed E-state index contributed by atoms with van der Waals surface area (Å²) >= 11 is 5.65. The smallest absolute Gasteiger partial charge is 0.417 e. The summed E-state index contributed by atoms with van der Waals surface area (Å²) in [6.45, 7) is 0. The largest absolute Gasteiger partial charge is 0.497 e. The minimum Gasteiger partial charge on any atom is -0.497 e. The van der Waals surface area contributed by atoms with Gasteiger partial charge in [0.2, 0.25) is 0 Å². The number of carbonyl (C=O) groups is 1. The number of amides is 1. The molecule has 6 nitrogen and oxygen atoms in total. The second-order valence-corrected chi connectivity index (χ2v) is 8.17. The van der Waals surface area contributed by atoms with Gasteiger partial charge in [0.05, 0.1) is 29.1 Å². The van der Waals surface area contributed by atoms with Crippen molar-refractivity contribution in [3.63, 3.8) is 0 Å². The SMILES string of the molecule is COc1ccc(-c2nn(-c3ccccc3)cc2/C=C(\C#N)C(=O)Nc2ccc(Cl)c(C(F)(F)F)c2)cc1. The van der Waals surface area contributed by atoms with Crippen LogP contribution in [0.5, 0.6) is 5.75 Å². The first-order valence-electron chi connectivity index (χ1n) is 10.8. The van der Waals surface area contributed by atoms with E-state index in [4.69, 9.17) is 16.3 Å². The molecule has 186 valence electrons. The lowest BCUT2D eigenvalue weighted by molar-refractivity contribution is -0.137. The Morgan fingerprint density at radius 2 is 1.81 bits per heavy atom. The number of nitriles is 1. The molecule has 0 aliphatic carbocycles. The van der Waals surface area contributed by atoms with Gasteiger partial charge in [-0.3, -0.25) is 4.79 Å². The Morgan fingerprint density at radius 1 is 1.11 bits per heavy atom. The molecular formula is C27H18ClF3N4O2. The van der Waals surface area contributed by atoms with E-state index in [9.17, 15) is 23.2 Å². The summed E-state index contributed by atoms with van der Waals surface area (Å²) in [5.41, 5.74) is 0.808. The molecule has 1 heterocycles. The minimum absolute atomic E-state index is 0.154. The van der Waals surface area contributed by atoms with Gasteiger partial charge in [-0.05, 0) is 60.7 Å². The van der Waals surface area contributed by atoms with Gasteiger partial charge in [0, 0.05) is 23.0 Å². The number of rotatable bonds is 6. The highest BCUT2D eigenvalue weighted by Crippen LogP contribution is 2.36. The van der Waals surface area contributed by atoms with Crippen molar-refractivity contribution in [1.82, 2.24) is 9.78 Å². The molecule has 4 aromatic rings. The molecule has 0 saturated carbocycles. The first-order valence-corrected chi connectivity index (χ1v) is 11.2. The van der Waals surface area contributed by atoms with Crippen LogP contribution < -0.4 is 10.1 Å². The van der Waals surface area contributed by atoms with E-state index in [1.54, 1.807) is 42.3 Å². The maximum atomic E-state index is 13.2. The van der Waals surface area contributed by atoms with Crippen LogP contribution in [-0.2, 0) is 11.0 Å². The number of methoxy groups -OCH3 is 1. The van der Waals surface area contributed by atoms with Gasteiger partial charge in [-0.1, -0.05) is 29.8 Å². The summed E-state index contributed by atoms with van der Waals surface area (Å²) in [6.07, 6.45) is -1.71. The molecule has 0 unspecified atom stereocenters. The highest BCUT2D eigenvalue weighted by atomic mass is 35.5. The van der Waals surface area contributed by atoms with Crippen molar-refractivity contribution in [1.29, 1.82) is 5.26 Å². The van der Waals surface area contributed by atoms with Crippen LogP contribution in [0.2, 0.25) is 5.02 Å². The Kier molecular flexibility index (Phi) is 7.32. The number of ether oxygens (including phenoxy) is 1. The quantitative estimate of drug-likeness (QED) is 0.224. The molecule has 0 atom stereocenters. The first-order chi connectivity index (χ1) is 17.7. The number of halogens is 4. The molecule has 0 radical (unpaired) electrons. The summed E-state index contributed by atoms with van der Waals surface area (Å²) in [5.74, 6) is -0.243. The predicted octanol–water partition coefficient (Wildman–Crippen LogP) is 6.77. The number of alkyl halides is 3. The van der Waals surface area contributed by atoms with E-state index in [1.165, 1.54) is 12.1 Å². The van der Waals surface area contributed by atoms with Gasteiger partial charge >= 0.3 is 6.18 Å². The molecule has 10 heteroatoms. The second kappa shape index (κ2) is 10.6. The van der Waals surface area contributed by atoms with Gasteiger partial charge in [-0.2, -0.15) is 23.5 Å². The number of hydrogen-bond acceptors (Lipinski definition) is 4. The van der Waals surface area contributed by atoms with E-state index in [2.05, 4.69) is 10.4 Å². The van der Waals surface area contributed by atoms with Crippen LogP contribution >= 0.6 is 11.6 Å². The Hall–Kier alpha value is -4.55. The Morgan fingerprint density at radius 3 is 2.43 bits per heavy atom. The fourth-order valence-corrected chi connectivity index (χ4v) is 3.73. The fourth-order valence-electron chi connectivity index (χ4n) is 3.50. The lowest BCUT2D eigenvalue weighted by atomic mass is 10.1. The number of nitrogens with zero attached hydrogens (tertiary/aromatic N) is 3. The zero-order valence-corrected chi connectivity index (χ0v) is 20.0. The normalized spacial score (nSPS) is 11.6. The van der Waals surface area contributed by atoms with E-state index in [0.29, 0.717) is 28.6 Å². The van der Waals surface area contributed by atoms with Crippen LogP contribution in [0.4, 0.5) is 18.9 Å². The number of aromatic nitrogens is 2. The highest BCUT2D eigenvalue weighted by Gasteiger charge is 2.33. The number of nitrogens with one attached hydrogen (secondary N) is 1. The van der Waals surface area contributed by atoms with Gasteiger partial charge < -0.3 is 10.1 Å². The third-order valence-electron chi connectivity index (χ3n) is 5.32. The number of para-hydroxylation sites is 1. The summed E-state index contributed by atoms with van der Waals surface area (Å²) in [4.78, 5) is 12.8. The van der Waals surface area contributed by atoms with Crippen LogP contribution in [0.15, 0.2) is 84.6 Å². The van der Waals surface area contributed by atoms with E-state index < -0.39 is 22.7 Å². The lowest BCUT2D eigenvalue weighted by Crippen LogP contribution is -2.14. The van der Waals surface area contributed by atoms with Crippen molar-refractivity contribution >= 4 is 29.3 Å². The highest BCUT2D eigenvalue weighted by molar-refractivity contribution is 6.31. The van der Waals surface area contributed by atoms with Crippen molar-refractivity contribution in [3.05, 3.63) is 101 Å². The van der Waals surface area contributed by atoms with Crippen LogP contribution in [0.1, 0.15) is 11.1 Å². The molecule has 0 aliphatic rings. The van der Waals surface area contributed by atoms with E-state index in [0.717, 1.165) is 11.8 Å². The summed E-state index contributed by atoms with van der Waals surface area (Å²) in [5, 5.41) is 16.2. The van der Waals surface area contributed by atoms with E-state index >= 15 is 0 Å². The molecule has 0 aliphatic heterocycles. The second-order valence-electron chi connectivity index (χ2n) is 7.76. The molecule has 0 fully saturated rings. The molecule has 3 aromatic carbocycles. The Balaban J connectivity index is 1.72.